The van der Waals surface area contributed by atoms with Gasteiger partial charge in [0, 0.05) is 37.9 Å². The first-order valence-corrected chi connectivity index (χ1v) is 8.99. The molecule has 0 aromatic carbocycles. The molecule has 1 N–H and O–H groups in total. The molecular weight excluding hydrogens is 342 g/mol. The molecule has 0 radical (unpaired) electrons. The highest BCUT2D eigenvalue weighted by Gasteiger charge is 2.26. The smallest absolute Gasteiger partial charge is 0.229 e. The van der Waals surface area contributed by atoms with Gasteiger partial charge in [0.25, 0.3) is 0 Å². The van der Waals surface area contributed by atoms with Crippen LogP contribution in [0, 0.1) is 12.8 Å². The first kappa shape index (κ1) is 17.1. The second kappa shape index (κ2) is 7.53. The zero-order chi connectivity index (χ0) is 18.6. The van der Waals surface area contributed by atoms with E-state index in [1.165, 1.54) is 0 Å². The third kappa shape index (κ3) is 3.79. The van der Waals surface area contributed by atoms with E-state index in [9.17, 15) is 4.79 Å². The molecular formula is C19H21N7O. The number of anilines is 2. The number of hydrogen-bond acceptors (Lipinski definition) is 6. The van der Waals surface area contributed by atoms with E-state index in [-0.39, 0.29) is 11.8 Å². The number of nitrogens with zero attached hydrogens (tertiary/aromatic N) is 6. The molecule has 1 amide bonds. The summed E-state index contributed by atoms with van der Waals surface area (Å²) in [6, 6.07) is 3.74. The Labute approximate surface area is 157 Å². The van der Waals surface area contributed by atoms with Gasteiger partial charge in [-0.2, -0.15) is 0 Å². The highest BCUT2D eigenvalue weighted by Crippen LogP contribution is 2.22. The number of amides is 1. The SMILES string of the molecule is Cc1nccn1-c1ccc(NC(=O)C2CCCN(c3cnccn3)C2)cn1. The van der Waals surface area contributed by atoms with Crippen LogP contribution in [-0.4, -0.2) is 43.5 Å². The molecule has 8 heteroatoms. The standard InChI is InChI=1S/C19H21N7O/c1-14-21-8-10-26(14)17-5-4-16(11-23-17)24-19(27)15-3-2-9-25(13-15)18-12-20-6-7-22-18/h4-8,10-12,15H,2-3,9,13H2,1H3,(H,24,27). The summed E-state index contributed by atoms with van der Waals surface area (Å²) < 4.78 is 1.89. The summed E-state index contributed by atoms with van der Waals surface area (Å²) in [6.07, 6.45) is 12.1. The molecule has 1 unspecified atom stereocenters. The number of nitrogens with one attached hydrogen (secondary N) is 1. The van der Waals surface area contributed by atoms with Crippen molar-refractivity contribution in [3.8, 4) is 5.82 Å². The fourth-order valence-electron chi connectivity index (χ4n) is 3.32. The first-order valence-electron chi connectivity index (χ1n) is 8.99. The third-order valence-corrected chi connectivity index (χ3v) is 4.75. The molecule has 27 heavy (non-hydrogen) atoms. The Bertz CT molecular complexity index is 907. The molecule has 1 aliphatic rings. The van der Waals surface area contributed by atoms with Gasteiger partial charge < -0.3 is 10.2 Å². The summed E-state index contributed by atoms with van der Waals surface area (Å²) in [5.41, 5.74) is 0.693. The van der Waals surface area contributed by atoms with E-state index in [0.717, 1.165) is 36.8 Å². The van der Waals surface area contributed by atoms with Gasteiger partial charge in [0.2, 0.25) is 5.91 Å². The molecule has 0 aliphatic carbocycles. The van der Waals surface area contributed by atoms with E-state index in [2.05, 4.69) is 30.2 Å². The van der Waals surface area contributed by atoms with Gasteiger partial charge in [0.15, 0.2) is 0 Å². The molecule has 1 saturated heterocycles. The van der Waals surface area contributed by atoms with Gasteiger partial charge in [-0.3, -0.25) is 14.3 Å². The number of pyridine rings is 1. The van der Waals surface area contributed by atoms with Crippen LogP contribution >= 0.6 is 0 Å². The monoisotopic (exact) mass is 363 g/mol. The van der Waals surface area contributed by atoms with E-state index in [4.69, 9.17) is 0 Å². The van der Waals surface area contributed by atoms with Crippen LogP contribution in [0.1, 0.15) is 18.7 Å². The van der Waals surface area contributed by atoms with Crippen LogP contribution < -0.4 is 10.2 Å². The van der Waals surface area contributed by atoms with Crippen LogP contribution in [0.2, 0.25) is 0 Å². The van der Waals surface area contributed by atoms with Crippen LogP contribution in [-0.2, 0) is 4.79 Å². The summed E-state index contributed by atoms with van der Waals surface area (Å²) in [5, 5.41) is 2.98. The lowest BCUT2D eigenvalue weighted by Crippen LogP contribution is -2.41. The molecule has 138 valence electrons. The molecule has 8 nitrogen and oxygen atoms in total. The van der Waals surface area contributed by atoms with Crippen LogP contribution in [0.15, 0.2) is 49.3 Å². The lowest BCUT2D eigenvalue weighted by molar-refractivity contribution is -0.120. The highest BCUT2D eigenvalue weighted by molar-refractivity contribution is 5.92. The van der Waals surface area contributed by atoms with E-state index in [1.807, 2.05) is 29.8 Å². The Kier molecular flexibility index (Phi) is 4.78. The van der Waals surface area contributed by atoms with Crippen molar-refractivity contribution in [2.45, 2.75) is 19.8 Å². The van der Waals surface area contributed by atoms with Crippen molar-refractivity contribution >= 4 is 17.4 Å². The second-order valence-corrected chi connectivity index (χ2v) is 6.59. The molecule has 1 aliphatic heterocycles. The topological polar surface area (TPSA) is 88.8 Å². The third-order valence-electron chi connectivity index (χ3n) is 4.75. The van der Waals surface area contributed by atoms with Crippen molar-refractivity contribution in [3.63, 3.8) is 0 Å². The average Bonchev–Trinajstić information content (AvgIpc) is 3.15. The maximum atomic E-state index is 12.7. The molecule has 3 aromatic rings. The van der Waals surface area contributed by atoms with Crippen molar-refractivity contribution in [3.05, 3.63) is 55.1 Å². The Morgan fingerprint density at radius 3 is 2.74 bits per heavy atom. The van der Waals surface area contributed by atoms with Crippen molar-refractivity contribution < 1.29 is 4.79 Å². The van der Waals surface area contributed by atoms with Crippen LogP contribution in [0.5, 0.6) is 0 Å². The normalized spacial score (nSPS) is 16.9. The van der Waals surface area contributed by atoms with Gasteiger partial charge in [-0.1, -0.05) is 0 Å². The van der Waals surface area contributed by atoms with Gasteiger partial charge in [-0.15, -0.1) is 0 Å². The predicted octanol–water partition coefficient (Wildman–Crippen LogP) is 2.22. The molecule has 0 spiro atoms. The lowest BCUT2D eigenvalue weighted by Gasteiger charge is -2.32. The molecule has 3 aromatic heterocycles. The Morgan fingerprint density at radius 2 is 2.04 bits per heavy atom. The first-order chi connectivity index (χ1) is 13.2. The van der Waals surface area contributed by atoms with Crippen LogP contribution in [0.3, 0.4) is 0 Å². The Morgan fingerprint density at radius 1 is 1.11 bits per heavy atom. The zero-order valence-corrected chi connectivity index (χ0v) is 15.1. The summed E-state index contributed by atoms with van der Waals surface area (Å²) in [6.45, 7) is 3.45. The molecule has 0 bridgehead atoms. The Balaban J connectivity index is 1.40. The molecule has 4 heterocycles. The van der Waals surface area contributed by atoms with Crippen LogP contribution in [0.25, 0.3) is 5.82 Å². The van der Waals surface area contributed by atoms with Gasteiger partial charge in [-0.05, 0) is 31.9 Å². The fraction of sp³-hybridized carbons (Fsp3) is 0.316. The molecule has 4 rings (SSSR count). The molecule has 1 atom stereocenters. The largest absolute Gasteiger partial charge is 0.355 e. The van der Waals surface area contributed by atoms with Crippen LogP contribution in [0.4, 0.5) is 11.5 Å². The fourth-order valence-corrected chi connectivity index (χ4v) is 3.32. The maximum absolute atomic E-state index is 12.7. The number of aryl methyl sites for hydroxylation is 1. The average molecular weight is 363 g/mol. The minimum Gasteiger partial charge on any atom is -0.355 e. The summed E-state index contributed by atoms with van der Waals surface area (Å²) in [7, 11) is 0. The molecule has 0 saturated carbocycles. The van der Waals surface area contributed by atoms with E-state index in [1.54, 1.807) is 31.0 Å². The van der Waals surface area contributed by atoms with Crippen molar-refractivity contribution in [1.82, 2.24) is 24.5 Å². The number of aromatic nitrogens is 5. The lowest BCUT2D eigenvalue weighted by atomic mass is 9.97. The number of carbonyl (C=O) groups excluding carboxylic acids is 1. The van der Waals surface area contributed by atoms with Crippen molar-refractivity contribution in [2.24, 2.45) is 5.92 Å². The van der Waals surface area contributed by atoms with Gasteiger partial charge in [-0.25, -0.2) is 15.0 Å². The van der Waals surface area contributed by atoms with E-state index >= 15 is 0 Å². The number of rotatable bonds is 4. The highest BCUT2D eigenvalue weighted by atomic mass is 16.1. The number of carbonyl (C=O) groups is 1. The van der Waals surface area contributed by atoms with Gasteiger partial charge in [0.1, 0.15) is 17.5 Å². The minimum absolute atomic E-state index is 0.0111. The Hall–Kier alpha value is -3.29. The number of imidazole rings is 1. The summed E-state index contributed by atoms with van der Waals surface area (Å²) >= 11 is 0. The van der Waals surface area contributed by atoms with Crippen molar-refractivity contribution in [1.29, 1.82) is 0 Å². The second-order valence-electron chi connectivity index (χ2n) is 6.59. The van der Waals surface area contributed by atoms with E-state index in [0.29, 0.717) is 12.2 Å². The van der Waals surface area contributed by atoms with E-state index < -0.39 is 0 Å². The zero-order valence-electron chi connectivity index (χ0n) is 15.1. The summed E-state index contributed by atoms with van der Waals surface area (Å²) in [5.74, 6) is 2.38. The number of hydrogen-bond donors (Lipinski definition) is 1. The minimum atomic E-state index is -0.0867. The maximum Gasteiger partial charge on any atom is 0.229 e. The van der Waals surface area contributed by atoms with Gasteiger partial charge >= 0.3 is 0 Å². The quantitative estimate of drug-likeness (QED) is 0.765. The number of piperidine rings is 1. The predicted molar refractivity (Wildman–Crippen MR) is 102 cm³/mol. The van der Waals surface area contributed by atoms with Gasteiger partial charge in [0.05, 0.1) is 24.0 Å². The summed E-state index contributed by atoms with van der Waals surface area (Å²) in [4.78, 5) is 31.9. The van der Waals surface area contributed by atoms with Crippen molar-refractivity contribution in [2.75, 3.05) is 23.3 Å². The molecule has 1 fully saturated rings.